The summed E-state index contributed by atoms with van der Waals surface area (Å²) < 4.78 is 28.0. The van der Waals surface area contributed by atoms with Crippen LogP contribution in [0.15, 0.2) is 82.2 Å². The minimum absolute atomic E-state index is 0.0988. The van der Waals surface area contributed by atoms with Gasteiger partial charge in [-0.3, -0.25) is 9.59 Å². The van der Waals surface area contributed by atoms with Gasteiger partial charge in [0.25, 0.3) is 11.8 Å². The molecule has 0 aliphatic carbocycles. The normalized spacial score (nSPS) is 14.4. The molecule has 2 N–H and O–H groups in total. The number of piperidine rings is 1. The second-order valence-corrected chi connectivity index (χ2v) is 10.8. The van der Waals surface area contributed by atoms with Crippen molar-refractivity contribution in [1.82, 2.24) is 4.31 Å². The third-order valence-corrected chi connectivity index (χ3v) is 8.16. The zero-order valence-electron chi connectivity index (χ0n) is 18.3. The average Bonchev–Trinajstić information content (AvgIpc) is 2.86. The van der Waals surface area contributed by atoms with E-state index in [4.69, 9.17) is 0 Å². The van der Waals surface area contributed by atoms with Gasteiger partial charge in [0.2, 0.25) is 10.0 Å². The molecule has 1 aliphatic rings. The molecular weight excluding hydrogens is 518 g/mol. The van der Waals surface area contributed by atoms with Crippen molar-refractivity contribution in [3.63, 3.8) is 0 Å². The van der Waals surface area contributed by atoms with Crippen LogP contribution in [0.4, 0.5) is 11.4 Å². The number of carbonyl (C=O) groups excluding carboxylic acids is 2. The van der Waals surface area contributed by atoms with Crippen molar-refractivity contribution in [2.24, 2.45) is 0 Å². The summed E-state index contributed by atoms with van der Waals surface area (Å²) in [5.41, 5.74) is 1.87. The second-order valence-electron chi connectivity index (χ2n) is 7.96. The molecule has 1 heterocycles. The number of amides is 2. The van der Waals surface area contributed by atoms with Crippen molar-refractivity contribution < 1.29 is 18.0 Å². The van der Waals surface area contributed by atoms with Gasteiger partial charge in [-0.25, -0.2) is 8.42 Å². The highest BCUT2D eigenvalue weighted by Gasteiger charge is 2.27. The SMILES string of the molecule is O=C(Nc1ccc(NC(=O)c2cc(S(=O)(=O)N3CCCCC3)ccc2Br)cc1)c1ccccc1. The van der Waals surface area contributed by atoms with Crippen molar-refractivity contribution in [1.29, 1.82) is 0 Å². The highest BCUT2D eigenvalue weighted by Crippen LogP contribution is 2.26. The fraction of sp³-hybridized carbons (Fsp3) is 0.200. The summed E-state index contributed by atoms with van der Waals surface area (Å²) in [6.45, 7) is 0.986. The lowest BCUT2D eigenvalue weighted by molar-refractivity contribution is 0.101. The zero-order chi connectivity index (χ0) is 24.1. The number of carbonyl (C=O) groups is 2. The van der Waals surface area contributed by atoms with E-state index in [9.17, 15) is 18.0 Å². The first-order valence-corrected chi connectivity index (χ1v) is 13.2. The van der Waals surface area contributed by atoms with E-state index in [0.717, 1.165) is 19.3 Å². The predicted octanol–water partition coefficient (Wildman–Crippen LogP) is 5.13. The Balaban J connectivity index is 1.46. The monoisotopic (exact) mass is 541 g/mol. The third kappa shape index (κ3) is 5.55. The number of hydrogen-bond donors (Lipinski definition) is 2. The standard InChI is InChI=1S/C25H24BrN3O4S/c26-23-14-13-21(34(32,33)29-15-5-2-6-16-29)17-22(23)25(31)28-20-11-9-19(10-12-20)27-24(30)18-7-3-1-4-8-18/h1,3-4,7-14,17H,2,5-6,15-16H2,(H,27,30)(H,28,31). The van der Waals surface area contributed by atoms with Crippen LogP contribution < -0.4 is 10.6 Å². The molecule has 0 unspecified atom stereocenters. The van der Waals surface area contributed by atoms with E-state index >= 15 is 0 Å². The molecule has 2 amide bonds. The first kappa shape index (κ1) is 24.1. The summed E-state index contributed by atoms with van der Waals surface area (Å²) >= 11 is 3.35. The Labute approximate surface area is 207 Å². The summed E-state index contributed by atoms with van der Waals surface area (Å²) in [4.78, 5) is 25.3. The summed E-state index contributed by atoms with van der Waals surface area (Å²) in [7, 11) is -3.66. The van der Waals surface area contributed by atoms with Crippen LogP contribution in [0.2, 0.25) is 0 Å². The first-order valence-electron chi connectivity index (χ1n) is 10.9. The Morgan fingerprint density at radius 2 is 1.35 bits per heavy atom. The predicted molar refractivity (Wildman–Crippen MR) is 136 cm³/mol. The van der Waals surface area contributed by atoms with Crippen molar-refractivity contribution in [3.8, 4) is 0 Å². The number of rotatable bonds is 6. The van der Waals surface area contributed by atoms with Crippen molar-refractivity contribution in [3.05, 3.63) is 88.4 Å². The molecular formula is C25H24BrN3O4S. The number of hydrogen-bond acceptors (Lipinski definition) is 4. The van der Waals surface area contributed by atoms with Crippen molar-refractivity contribution >= 4 is 49.1 Å². The molecule has 0 saturated carbocycles. The molecule has 0 atom stereocenters. The molecule has 34 heavy (non-hydrogen) atoms. The Bertz CT molecular complexity index is 1290. The van der Waals surface area contributed by atoms with Crippen LogP contribution in [0.1, 0.15) is 40.0 Å². The van der Waals surface area contributed by atoms with Gasteiger partial charge in [0, 0.05) is 34.5 Å². The van der Waals surface area contributed by atoms with Gasteiger partial charge in [-0.15, -0.1) is 0 Å². The summed E-state index contributed by atoms with van der Waals surface area (Å²) in [5, 5.41) is 5.58. The minimum atomic E-state index is -3.66. The fourth-order valence-corrected chi connectivity index (χ4v) is 5.69. The maximum Gasteiger partial charge on any atom is 0.256 e. The third-order valence-electron chi connectivity index (χ3n) is 5.57. The number of anilines is 2. The van der Waals surface area contributed by atoms with Gasteiger partial charge in [-0.1, -0.05) is 24.6 Å². The summed E-state index contributed by atoms with van der Waals surface area (Å²) in [6, 6.07) is 20.1. The number of sulfonamides is 1. The van der Waals surface area contributed by atoms with Gasteiger partial charge < -0.3 is 10.6 Å². The lowest BCUT2D eigenvalue weighted by Crippen LogP contribution is -2.35. The maximum absolute atomic E-state index is 13.0. The van der Waals surface area contributed by atoms with Gasteiger partial charge in [0.15, 0.2) is 0 Å². The van der Waals surface area contributed by atoms with E-state index < -0.39 is 15.9 Å². The Kier molecular flexibility index (Phi) is 7.45. The number of benzene rings is 3. The Morgan fingerprint density at radius 1 is 0.765 bits per heavy atom. The summed E-state index contributed by atoms with van der Waals surface area (Å²) in [5.74, 6) is -0.670. The minimum Gasteiger partial charge on any atom is -0.322 e. The molecule has 0 spiro atoms. The fourth-order valence-electron chi connectivity index (χ4n) is 3.72. The van der Waals surface area contributed by atoms with Crippen LogP contribution >= 0.6 is 15.9 Å². The van der Waals surface area contributed by atoms with Crippen LogP contribution in [-0.4, -0.2) is 37.6 Å². The van der Waals surface area contributed by atoms with E-state index in [2.05, 4.69) is 26.6 Å². The number of halogens is 1. The smallest absolute Gasteiger partial charge is 0.256 e. The Morgan fingerprint density at radius 3 is 1.97 bits per heavy atom. The molecule has 0 bridgehead atoms. The zero-order valence-corrected chi connectivity index (χ0v) is 20.7. The van der Waals surface area contributed by atoms with Crippen molar-refractivity contribution in [2.75, 3.05) is 23.7 Å². The van der Waals surface area contributed by atoms with Gasteiger partial charge in [0.1, 0.15) is 0 Å². The number of nitrogens with one attached hydrogen (secondary N) is 2. The molecule has 0 radical (unpaired) electrons. The van der Waals surface area contributed by atoms with Crippen LogP contribution in [0.25, 0.3) is 0 Å². The van der Waals surface area contributed by atoms with Gasteiger partial charge in [0.05, 0.1) is 10.5 Å². The molecule has 3 aromatic carbocycles. The van der Waals surface area contributed by atoms with E-state index in [1.165, 1.54) is 16.4 Å². The highest BCUT2D eigenvalue weighted by molar-refractivity contribution is 9.10. The van der Waals surface area contributed by atoms with E-state index in [-0.39, 0.29) is 16.4 Å². The highest BCUT2D eigenvalue weighted by atomic mass is 79.9. The molecule has 176 valence electrons. The average molecular weight is 542 g/mol. The van der Waals surface area contributed by atoms with E-state index in [0.29, 0.717) is 34.5 Å². The molecule has 1 aliphatic heterocycles. The quantitative estimate of drug-likeness (QED) is 0.452. The lowest BCUT2D eigenvalue weighted by atomic mass is 10.2. The molecule has 1 fully saturated rings. The maximum atomic E-state index is 13.0. The van der Waals surface area contributed by atoms with E-state index in [1.807, 2.05) is 6.07 Å². The van der Waals surface area contributed by atoms with Crippen LogP contribution in [0.3, 0.4) is 0 Å². The van der Waals surface area contributed by atoms with Crippen LogP contribution in [-0.2, 0) is 10.0 Å². The van der Waals surface area contributed by atoms with Crippen LogP contribution in [0.5, 0.6) is 0 Å². The molecule has 3 aromatic rings. The van der Waals surface area contributed by atoms with Gasteiger partial charge in [-0.2, -0.15) is 4.31 Å². The molecule has 7 nitrogen and oxygen atoms in total. The largest absolute Gasteiger partial charge is 0.322 e. The second kappa shape index (κ2) is 10.5. The molecule has 0 aromatic heterocycles. The van der Waals surface area contributed by atoms with E-state index in [1.54, 1.807) is 54.6 Å². The van der Waals surface area contributed by atoms with Gasteiger partial charge in [-0.05, 0) is 83.4 Å². The summed E-state index contributed by atoms with van der Waals surface area (Å²) in [6.07, 6.45) is 2.70. The topological polar surface area (TPSA) is 95.6 Å². The molecule has 9 heteroatoms. The Hall–Kier alpha value is -3.01. The lowest BCUT2D eigenvalue weighted by Gasteiger charge is -2.26. The van der Waals surface area contributed by atoms with Crippen LogP contribution in [0, 0.1) is 0 Å². The number of nitrogens with zero attached hydrogens (tertiary/aromatic N) is 1. The molecule has 4 rings (SSSR count). The van der Waals surface area contributed by atoms with Crippen molar-refractivity contribution in [2.45, 2.75) is 24.2 Å². The molecule has 1 saturated heterocycles. The van der Waals surface area contributed by atoms with Gasteiger partial charge >= 0.3 is 0 Å². The first-order chi connectivity index (χ1) is 16.3.